The fourth-order valence-electron chi connectivity index (χ4n) is 2.01. The summed E-state index contributed by atoms with van der Waals surface area (Å²) in [6.07, 6.45) is 3.37. The zero-order valence-electron chi connectivity index (χ0n) is 14.0. The van der Waals surface area contributed by atoms with Gasteiger partial charge in [0.1, 0.15) is 0 Å². The van der Waals surface area contributed by atoms with Gasteiger partial charge in [-0.25, -0.2) is 0 Å². The summed E-state index contributed by atoms with van der Waals surface area (Å²) in [4.78, 5) is 0. The van der Waals surface area contributed by atoms with Crippen molar-refractivity contribution in [1.82, 2.24) is 9.78 Å². The molecule has 0 spiro atoms. The van der Waals surface area contributed by atoms with E-state index in [1.165, 1.54) is 0 Å². The van der Waals surface area contributed by atoms with Crippen molar-refractivity contribution in [2.24, 2.45) is 5.92 Å². The fourth-order valence-corrected chi connectivity index (χ4v) is 2.01. The SMILES string of the molecule is CC(C)C(C)(C)OB(O)c1cnn(Cc2cccc(C#N)c2)c1. The lowest BCUT2D eigenvalue weighted by atomic mass is 9.79. The normalized spacial score (nSPS) is 11.5. The Hall–Kier alpha value is -2.10. The topological polar surface area (TPSA) is 71.1 Å². The first-order valence-corrected chi connectivity index (χ1v) is 7.69. The van der Waals surface area contributed by atoms with Crippen molar-refractivity contribution in [3.8, 4) is 6.07 Å². The van der Waals surface area contributed by atoms with Crippen molar-refractivity contribution < 1.29 is 9.68 Å². The van der Waals surface area contributed by atoms with Gasteiger partial charge < -0.3 is 9.68 Å². The molecule has 6 heteroatoms. The molecular weight excluding hydrogens is 289 g/mol. The summed E-state index contributed by atoms with van der Waals surface area (Å²) in [5.74, 6) is 0.279. The van der Waals surface area contributed by atoms with E-state index in [9.17, 15) is 5.02 Å². The number of aromatic nitrogens is 2. The molecule has 1 heterocycles. The van der Waals surface area contributed by atoms with E-state index < -0.39 is 12.7 Å². The van der Waals surface area contributed by atoms with E-state index in [-0.39, 0.29) is 5.92 Å². The van der Waals surface area contributed by atoms with Crippen molar-refractivity contribution in [1.29, 1.82) is 5.26 Å². The minimum Gasteiger partial charge on any atom is -0.423 e. The Morgan fingerprint density at radius 1 is 1.43 bits per heavy atom. The first kappa shape index (κ1) is 17.3. The first-order chi connectivity index (χ1) is 10.8. The van der Waals surface area contributed by atoms with Gasteiger partial charge in [-0.15, -0.1) is 0 Å². The van der Waals surface area contributed by atoms with Crippen LogP contribution in [0.15, 0.2) is 36.7 Å². The molecule has 1 N–H and O–H groups in total. The van der Waals surface area contributed by atoms with E-state index in [0.717, 1.165) is 5.56 Å². The van der Waals surface area contributed by atoms with Crippen LogP contribution in [0, 0.1) is 17.2 Å². The first-order valence-electron chi connectivity index (χ1n) is 7.69. The van der Waals surface area contributed by atoms with Crippen LogP contribution in [0.5, 0.6) is 0 Å². The number of hydrogen-bond acceptors (Lipinski definition) is 4. The van der Waals surface area contributed by atoms with E-state index >= 15 is 0 Å². The lowest BCUT2D eigenvalue weighted by Crippen LogP contribution is -2.44. The van der Waals surface area contributed by atoms with E-state index in [0.29, 0.717) is 17.6 Å². The number of nitriles is 1. The average Bonchev–Trinajstić information content (AvgIpc) is 2.95. The van der Waals surface area contributed by atoms with Crippen molar-refractivity contribution in [2.45, 2.75) is 39.8 Å². The van der Waals surface area contributed by atoms with Crippen LogP contribution in [-0.4, -0.2) is 27.5 Å². The highest BCUT2D eigenvalue weighted by Gasteiger charge is 2.31. The van der Waals surface area contributed by atoms with Crippen molar-refractivity contribution in [3.05, 3.63) is 47.8 Å². The minimum atomic E-state index is -1.01. The second kappa shape index (κ2) is 6.99. The predicted octanol–water partition coefficient (Wildman–Crippen LogP) is 1.94. The molecule has 0 fully saturated rings. The standard InChI is InChI=1S/C17H22BN3O2/c1-13(2)17(3,4)23-18(22)16-10-20-21(12-16)11-15-7-5-6-14(8-15)9-19/h5-8,10,12-13,22H,11H2,1-4H3. The molecule has 0 aliphatic heterocycles. The van der Waals surface area contributed by atoms with Gasteiger partial charge in [-0.2, -0.15) is 10.4 Å². The zero-order chi connectivity index (χ0) is 17.0. The molecule has 0 radical (unpaired) electrons. The van der Waals surface area contributed by atoms with Crippen molar-refractivity contribution >= 4 is 12.6 Å². The van der Waals surface area contributed by atoms with Gasteiger partial charge in [0.05, 0.1) is 23.8 Å². The molecular formula is C17H22BN3O2. The third-order valence-electron chi connectivity index (χ3n) is 4.14. The molecule has 0 aliphatic rings. The van der Waals surface area contributed by atoms with Crippen LogP contribution in [0.2, 0.25) is 0 Å². The number of benzene rings is 1. The molecule has 0 unspecified atom stereocenters. The molecule has 0 bridgehead atoms. The van der Waals surface area contributed by atoms with Crippen LogP contribution in [-0.2, 0) is 11.2 Å². The Balaban J connectivity index is 2.07. The van der Waals surface area contributed by atoms with Crippen molar-refractivity contribution in [3.63, 3.8) is 0 Å². The van der Waals surface area contributed by atoms with Crippen LogP contribution < -0.4 is 5.46 Å². The predicted molar refractivity (Wildman–Crippen MR) is 90.1 cm³/mol. The van der Waals surface area contributed by atoms with Gasteiger partial charge in [-0.05, 0) is 37.5 Å². The Morgan fingerprint density at radius 2 is 2.17 bits per heavy atom. The van der Waals surface area contributed by atoms with Crippen LogP contribution in [0.4, 0.5) is 0 Å². The molecule has 2 aromatic rings. The summed E-state index contributed by atoms with van der Waals surface area (Å²) in [5, 5.41) is 23.4. The summed E-state index contributed by atoms with van der Waals surface area (Å²) in [5.41, 5.74) is 1.80. The monoisotopic (exact) mass is 311 g/mol. The van der Waals surface area contributed by atoms with Gasteiger partial charge in [-0.3, -0.25) is 4.68 Å². The molecule has 23 heavy (non-hydrogen) atoms. The molecule has 0 atom stereocenters. The summed E-state index contributed by atoms with van der Waals surface area (Å²) in [7, 11) is -1.01. The Kier molecular flexibility index (Phi) is 5.25. The van der Waals surface area contributed by atoms with Gasteiger partial charge >= 0.3 is 7.12 Å². The minimum absolute atomic E-state index is 0.279. The Bertz CT molecular complexity index is 704. The Labute approximate surface area is 137 Å². The zero-order valence-corrected chi connectivity index (χ0v) is 14.0. The molecule has 120 valence electrons. The van der Waals surface area contributed by atoms with Gasteiger partial charge in [0.15, 0.2) is 0 Å². The Morgan fingerprint density at radius 3 is 2.83 bits per heavy atom. The number of rotatable bonds is 6. The highest BCUT2D eigenvalue weighted by Crippen LogP contribution is 2.20. The number of nitrogens with zero attached hydrogens (tertiary/aromatic N) is 3. The molecule has 2 rings (SSSR count). The quantitative estimate of drug-likeness (QED) is 0.828. The highest BCUT2D eigenvalue weighted by molar-refractivity contribution is 6.59. The second-order valence-electron chi connectivity index (χ2n) is 6.51. The average molecular weight is 311 g/mol. The summed E-state index contributed by atoms with van der Waals surface area (Å²) < 4.78 is 7.47. The maximum atomic E-state index is 10.2. The molecule has 0 aliphatic carbocycles. The maximum Gasteiger partial charge on any atom is 0.494 e. The molecule has 0 saturated heterocycles. The van der Waals surface area contributed by atoms with Crippen LogP contribution in [0.3, 0.4) is 0 Å². The van der Waals surface area contributed by atoms with E-state index in [4.69, 9.17) is 9.92 Å². The van der Waals surface area contributed by atoms with Crippen LogP contribution >= 0.6 is 0 Å². The molecule has 1 aromatic heterocycles. The number of hydrogen-bond donors (Lipinski definition) is 1. The van der Waals surface area contributed by atoms with Crippen molar-refractivity contribution in [2.75, 3.05) is 0 Å². The third-order valence-corrected chi connectivity index (χ3v) is 4.14. The summed E-state index contributed by atoms with van der Waals surface area (Å²) in [6, 6.07) is 9.51. The summed E-state index contributed by atoms with van der Waals surface area (Å²) >= 11 is 0. The molecule has 5 nitrogen and oxygen atoms in total. The molecule has 0 saturated carbocycles. The maximum absolute atomic E-state index is 10.2. The van der Waals surface area contributed by atoms with Gasteiger partial charge in [0.2, 0.25) is 0 Å². The van der Waals surface area contributed by atoms with Crippen LogP contribution in [0.25, 0.3) is 0 Å². The lowest BCUT2D eigenvalue weighted by Gasteiger charge is -2.31. The van der Waals surface area contributed by atoms with Gasteiger partial charge in [-0.1, -0.05) is 26.0 Å². The lowest BCUT2D eigenvalue weighted by molar-refractivity contribution is 0.0423. The smallest absolute Gasteiger partial charge is 0.423 e. The molecule has 0 amide bonds. The molecule has 1 aromatic carbocycles. The van der Waals surface area contributed by atoms with Gasteiger partial charge in [0.25, 0.3) is 0 Å². The van der Waals surface area contributed by atoms with Gasteiger partial charge in [0, 0.05) is 17.9 Å². The largest absolute Gasteiger partial charge is 0.494 e. The van der Waals surface area contributed by atoms with E-state index in [1.807, 2.05) is 32.0 Å². The third kappa shape index (κ3) is 4.44. The van der Waals surface area contributed by atoms with E-state index in [1.54, 1.807) is 23.1 Å². The fraction of sp³-hybridized carbons (Fsp3) is 0.412. The highest BCUT2D eigenvalue weighted by atomic mass is 16.5. The van der Waals surface area contributed by atoms with E-state index in [2.05, 4.69) is 25.0 Å². The van der Waals surface area contributed by atoms with Crippen LogP contribution in [0.1, 0.15) is 38.8 Å². The summed E-state index contributed by atoms with van der Waals surface area (Å²) in [6.45, 7) is 8.56. The second-order valence-corrected chi connectivity index (χ2v) is 6.51.